The Hall–Kier alpha value is -0.120. The number of rotatable bonds is 10. The van der Waals surface area contributed by atoms with Gasteiger partial charge in [0.15, 0.2) is 0 Å². The van der Waals surface area contributed by atoms with Gasteiger partial charge < -0.3 is 14.4 Å². The molecule has 0 aromatic carbocycles. The predicted octanol–water partition coefficient (Wildman–Crippen LogP) is 3.37. The number of hydrogen-bond donors (Lipinski definition) is 0. The largest absolute Gasteiger partial charge is 0.412 e. The van der Waals surface area contributed by atoms with Crippen LogP contribution in [0.25, 0.3) is 0 Å². The third kappa shape index (κ3) is 5.50. The highest BCUT2D eigenvalue weighted by Crippen LogP contribution is 2.23. The van der Waals surface area contributed by atoms with Gasteiger partial charge in [0.25, 0.3) is 0 Å². The zero-order valence-electron chi connectivity index (χ0n) is 15.4. The van der Waals surface area contributed by atoms with Crippen molar-refractivity contribution in [2.75, 3.05) is 52.4 Å². The van der Waals surface area contributed by atoms with Gasteiger partial charge in [-0.3, -0.25) is 0 Å². The molecule has 0 aliphatic carbocycles. The molecule has 2 aliphatic heterocycles. The van der Waals surface area contributed by atoms with Gasteiger partial charge in [0, 0.05) is 25.7 Å². The summed E-state index contributed by atoms with van der Waals surface area (Å²) in [6.07, 6.45) is 13.1. The van der Waals surface area contributed by atoms with Crippen molar-refractivity contribution in [3.63, 3.8) is 0 Å². The Kier molecular flexibility index (Phi) is 8.96. The van der Waals surface area contributed by atoms with Crippen LogP contribution in [0.2, 0.25) is 0 Å². The van der Waals surface area contributed by atoms with Crippen molar-refractivity contribution in [2.24, 2.45) is 0 Å². The lowest BCUT2D eigenvalue weighted by molar-refractivity contribution is -0.919. The van der Waals surface area contributed by atoms with Gasteiger partial charge in [-0.25, -0.2) is 0 Å². The van der Waals surface area contributed by atoms with E-state index in [4.69, 9.17) is 0 Å². The van der Waals surface area contributed by atoms with Gasteiger partial charge >= 0.3 is 0 Å². The molecule has 0 bridgehead atoms. The molecular weight excluding hydrogens is 272 g/mol. The summed E-state index contributed by atoms with van der Waals surface area (Å²) in [5, 5.41) is 0. The summed E-state index contributed by atoms with van der Waals surface area (Å²) in [7, 11) is 0. The summed E-state index contributed by atoms with van der Waals surface area (Å²) in [5.74, 6) is 0. The van der Waals surface area contributed by atoms with Gasteiger partial charge in [0.05, 0.1) is 52.4 Å². The normalized spacial score (nSPS) is 22.6. The van der Waals surface area contributed by atoms with E-state index < -0.39 is 0 Å². The quantitative estimate of drug-likeness (QED) is 0.437. The van der Waals surface area contributed by atoms with E-state index in [0.29, 0.717) is 0 Å². The van der Waals surface area contributed by atoms with E-state index in [1.54, 1.807) is 0 Å². The fourth-order valence-corrected chi connectivity index (χ4v) is 5.15. The maximum Gasteiger partial charge on any atom is 0.0788 e. The molecule has 2 rings (SSSR count). The van der Waals surface area contributed by atoms with Crippen LogP contribution in [-0.4, -0.2) is 66.8 Å². The van der Waals surface area contributed by atoms with E-state index in [9.17, 15) is 0 Å². The zero-order chi connectivity index (χ0) is 15.0. The summed E-state index contributed by atoms with van der Waals surface area (Å²) < 4.78 is 2.93. The smallest absolute Gasteiger partial charge is 0.0788 e. The molecular formula is C19H42N2O+2. The summed E-state index contributed by atoms with van der Waals surface area (Å²) >= 11 is 0. The summed E-state index contributed by atoms with van der Waals surface area (Å²) in [5.41, 5.74) is 0. The fraction of sp³-hybridized carbons (Fsp3) is 1.00. The molecule has 0 aromatic rings. The summed E-state index contributed by atoms with van der Waals surface area (Å²) in [4.78, 5) is 0. The molecule has 0 radical (unpaired) electrons. The highest BCUT2D eigenvalue weighted by atomic mass is 16.0. The van der Waals surface area contributed by atoms with Gasteiger partial charge in [-0.1, -0.05) is 13.8 Å². The minimum atomic E-state index is 0. The number of nitrogens with zero attached hydrogens (tertiary/aromatic N) is 2. The average molecular weight is 315 g/mol. The Morgan fingerprint density at radius 2 is 0.909 bits per heavy atom. The van der Waals surface area contributed by atoms with E-state index in [2.05, 4.69) is 13.8 Å². The fourth-order valence-electron chi connectivity index (χ4n) is 5.15. The first-order valence-electron chi connectivity index (χ1n) is 9.94. The molecule has 22 heavy (non-hydrogen) atoms. The van der Waals surface area contributed by atoms with Gasteiger partial charge in [-0.05, 0) is 32.1 Å². The molecule has 2 N–H and O–H groups in total. The average Bonchev–Trinajstić information content (AvgIpc) is 3.10. The lowest BCUT2D eigenvalue weighted by Crippen LogP contribution is -2.47. The van der Waals surface area contributed by atoms with Crippen molar-refractivity contribution < 1.29 is 14.4 Å². The Bertz CT molecular complexity index is 253. The Morgan fingerprint density at radius 1 is 0.545 bits per heavy atom. The molecule has 0 unspecified atom stereocenters. The lowest BCUT2D eigenvalue weighted by Gasteiger charge is -2.35. The number of quaternary nitrogens is 2. The molecule has 0 amide bonds. The first-order chi connectivity index (χ1) is 10.2. The summed E-state index contributed by atoms with van der Waals surface area (Å²) in [6.45, 7) is 16.5. The molecule has 132 valence electrons. The second-order valence-electron chi connectivity index (χ2n) is 7.95. The van der Waals surface area contributed by atoms with Crippen LogP contribution in [0.15, 0.2) is 0 Å². The molecule has 2 saturated heterocycles. The Labute approximate surface area is 139 Å². The van der Waals surface area contributed by atoms with E-state index in [1.165, 1.54) is 119 Å². The first kappa shape index (κ1) is 19.9. The minimum Gasteiger partial charge on any atom is -0.412 e. The number of hydrogen-bond acceptors (Lipinski definition) is 0. The molecule has 2 fully saturated rings. The van der Waals surface area contributed by atoms with Crippen LogP contribution < -0.4 is 0 Å². The van der Waals surface area contributed by atoms with Crippen molar-refractivity contribution in [3.05, 3.63) is 0 Å². The van der Waals surface area contributed by atoms with Gasteiger partial charge in [-0.15, -0.1) is 0 Å². The predicted molar refractivity (Wildman–Crippen MR) is 96.0 cm³/mol. The molecule has 3 nitrogen and oxygen atoms in total. The number of likely N-dealkylation sites (tertiary alicyclic amines) is 2. The van der Waals surface area contributed by atoms with Gasteiger partial charge in [-0.2, -0.15) is 0 Å². The van der Waals surface area contributed by atoms with Crippen molar-refractivity contribution in [1.82, 2.24) is 0 Å². The third-order valence-corrected chi connectivity index (χ3v) is 6.19. The number of unbranched alkanes of at least 4 members (excludes halogenated alkanes) is 2. The van der Waals surface area contributed by atoms with Crippen molar-refractivity contribution in [1.29, 1.82) is 0 Å². The zero-order valence-corrected chi connectivity index (χ0v) is 15.4. The second-order valence-corrected chi connectivity index (χ2v) is 7.95. The van der Waals surface area contributed by atoms with Crippen LogP contribution in [0.3, 0.4) is 0 Å². The molecule has 0 spiro atoms. The van der Waals surface area contributed by atoms with Crippen LogP contribution in [0.4, 0.5) is 0 Å². The van der Waals surface area contributed by atoms with Crippen molar-refractivity contribution in [3.8, 4) is 0 Å². The Balaban J connectivity index is 0.00000242. The highest BCUT2D eigenvalue weighted by molar-refractivity contribution is 4.58. The van der Waals surface area contributed by atoms with Crippen LogP contribution in [0.1, 0.15) is 71.6 Å². The lowest BCUT2D eigenvalue weighted by atomic mass is 10.1. The highest BCUT2D eigenvalue weighted by Gasteiger charge is 2.31. The monoisotopic (exact) mass is 314 g/mol. The van der Waals surface area contributed by atoms with Crippen LogP contribution in [0.5, 0.6) is 0 Å². The van der Waals surface area contributed by atoms with E-state index in [1.807, 2.05) is 0 Å². The van der Waals surface area contributed by atoms with Crippen LogP contribution in [-0.2, 0) is 0 Å². The van der Waals surface area contributed by atoms with Crippen molar-refractivity contribution >= 4 is 0 Å². The van der Waals surface area contributed by atoms with E-state index in [0.717, 1.165) is 0 Å². The third-order valence-electron chi connectivity index (χ3n) is 6.19. The molecule has 0 saturated carbocycles. The van der Waals surface area contributed by atoms with Gasteiger partial charge in [0.1, 0.15) is 0 Å². The molecule has 0 atom stereocenters. The standard InChI is InChI=1S/C19H40N2.H2O/c1-3-12-20(16-8-9-17-20)14-6-5-7-15-21(13-4-2)18-10-11-19-21;/h3-19H2,1-2H3;1H2/q+2;. The topological polar surface area (TPSA) is 31.5 Å². The van der Waals surface area contributed by atoms with Crippen molar-refractivity contribution in [2.45, 2.75) is 71.6 Å². The first-order valence-corrected chi connectivity index (χ1v) is 9.94. The molecule has 2 aliphatic rings. The maximum atomic E-state index is 2.37. The second kappa shape index (κ2) is 9.89. The maximum absolute atomic E-state index is 2.37. The molecule has 3 heteroatoms. The van der Waals surface area contributed by atoms with E-state index >= 15 is 0 Å². The molecule has 2 heterocycles. The van der Waals surface area contributed by atoms with Gasteiger partial charge in [0.2, 0.25) is 0 Å². The SMILES string of the molecule is CCC[N+]1(CCCCC[N+]2(CCC)CCCC2)CCCC1.O. The van der Waals surface area contributed by atoms with Crippen LogP contribution >= 0.6 is 0 Å². The van der Waals surface area contributed by atoms with E-state index in [-0.39, 0.29) is 5.48 Å². The Morgan fingerprint density at radius 3 is 1.23 bits per heavy atom. The molecule has 0 aromatic heterocycles. The van der Waals surface area contributed by atoms with Crippen LogP contribution in [0, 0.1) is 0 Å². The minimum absolute atomic E-state index is 0. The summed E-state index contributed by atoms with van der Waals surface area (Å²) in [6, 6.07) is 0.